The van der Waals surface area contributed by atoms with Crippen LogP contribution in [0.4, 0.5) is 0 Å². The minimum Gasteiger partial charge on any atom is -0.493 e. The lowest BCUT2D eigenvalue weighted by Crippen LogP contribution is -2.13. The van der Waals surface area contributed by atoms with Crippen LogP contribution in [0.3, 0.4) is 0 Å². The highest BCUT2D eigenvalue weighted by atomic mass is 16.5. The Labute approximate surface area is 117 Å². The molecule has 0 saturated heterocycles. The van der Waals surface area contributed by atoms with E-state index in [1.54, 1.807) is 12.3 Å². The Morgan fingerprint density at radius 3 is 2.95 bits per heavy atom. The summed E-state index contributed by atoms with van der Waals surface area (Å²) in [4.78, 5) is 15.3. The molecule has 1 aromatic carbocycles. The number of ether oxygens (including phenoxy) is 1. The number of fused-ring (bicyclic) bond motifs is 1. The van der Waals surface area contributed by atoms with Crippen molar-refractivity contribution in [1.82, 2.24) is 4.98 Å². The van der Waals surface area contributed by atoms with Crippen molar-refractivity contribution in [3.05, 3.63) is 42.6 Å². The SMILES string of the molecule is NCCC[CH]COc1ccc2c(C(N)=O)nccc2c1. The number of hydrogen-bond acceptors (Lipinski definition) is 4. The lowest BCUT2D eigenvalue weighted by atomic mass is 10.1. The first-order chi connectivity index (χ1) is 9.72. The van der Waals surface area contributed by atoms with Gasteiger partial charge in [-0.15, -0.1) is 0 Å². The molecule has 1 heterocycles. The number of primary amides is 1. The van der Waals surface area contributed by atoms with Crippen molar-refractivity contribution in [1.29, 1.82) is 0 Å². The molecule has 0 aliphatic heterocycles. The molecule has 0 bridgehead atoms. The molecule has 5 heteroatoms. The van der Waals surface area contributed by atoms with Crippen LogP contribution in [0.5, 0.6) is 5.75 Å². The van der Waals surface area contributed by atoms with Gasteiger partial charge in [-0.3, -0.25) is 9.78 Å². The van der Waals surface area contributed by atoms with E-state index in [1.807, 2.05) is 18.2 Å². The van der Waals surface area contributed by atoms with Gasteiger partial charge >= 0.3 is 0 Å². The third kappa shape index (κ3) is 3.45. The first-order valence-electron chi connectivity index (χ1n) is 6.55. The Balaban J connectivity index is 2.08. The molecule has 2 rings (SSSR count). The molecule has 0 atom stereocenters. The van der Waals surface area contributed by atoms with E-state index in [-0.39, 0.29) is 5.69 Å². The maximum atomic E-state index is 11.3. The lowest BCUT2D eigenvalue weighted by molar-refractivity contribution is 0.0997. The van der Waals surface area contributed by atoms with Gasteiger partial charge in [0.15, 0.2) is 0 Å². The van der Waals surface area contributed by atoms with Crippen molar-refractivity contribution < 1.29 is 9.53 Å². The summed E-state index contributed by atoms with van der Waals surface area (Å²) >= 11 is 0. The monoisotopic (exact) mass is 272 g/mol. The molecule has 2 aromatic rings. The van der Waals surface area contributed by atoms with Crippen LogP contribution in [0.2, 0.25) is 0 Å². The van der Waals surface area contributed by atoms with Crippen molar-refractivity contribution in [3.8, 4) is 5.75 Å². The fourth-order valence-corrected chi connectivity index (χ4v) is 1.94. The molecule has 0 spiro atoms. The standard InChI is InChI=1S/C15H18N3O2/c16-7-2-1-3-9-20-12-4-5-13-11(10-12)6-8-18-14(13)15(17)19/h3-6,8,10H,1-2,7,9,16H2,(H2,17,19). The van der Waals surface area contributed by atoms with E-state index in [0.717, 1.165) is 29.4 Å². The Bertz CT molecular complexity index is 599. The first-order valence-corrected chi connectivity index (χ1v) is 6.55. The smallest absolute Gasteiger partial charge is 0.267 e. The van der Waals surface area contributed by atoms with Gasteiger partial charge in [-0.25, -0.2) is 0 Å². The van der Waals surface area contributed by atoms with Crippen LogP contribution in [-0.2, 0) is 0 Å². The molecule has 0 fully saturated rings. The van der Waals surface area contributed by atoms with Crippen molar-refractivity contribution >= 4 is 16.7 Å². The lowest BCUT2D eigenvalue weighted by Gasteiger charge is -2.08. The van der Waals surface area contributed by atoms with Gasteiger partial charge in [-0.1, -0.05) is 0 Å². The van der Waals surface area contributed by atoms with Crippen LogP contribution in [-0.4, -0.2) is 24.0 Å². The van der Waals surface area contributed by atoms with E-state index in [0.29, 0.717) is 13.2 Å². The summed E-state index contributed by atoms with van der Waals surface area (Å²) in [5.74, 6) is 0.225. The van der Waals surface area contributed by atoms with Gasteiger partial charge in [0.1, 0.15) is 11.4 Å². The van der Waals surface area contributed by atoms with Gasteiger partial charge in [0.2, 0.25) is 0 Å². The number of carbonyl (C=O) groups is 1. The Morgan fingerprint density at radius 1 is 1.35 bits per heavy atom. The number of rotatable bonds is 7. The van der Waals surface area contributed by atoms with E-state index in [9.17, 15) is 4.79 Å². The second kappa shape index (κ2) is 6.86. The summed E-state index contributed by atoms with van der Waals surface area (Å²) in [6.07, 6.45) is 5.53. The third-order valence-electron chi connectivity index (χ3n) is 2.95. The highest BCUT2D eigenvalue weighted by molar-refractivity contribution is 6.04. The number of nitrogens with zero attached hydrogens (tertiary/aromatic N) is 1. The average Bonchev–Trinajstić information content (AvgIpc) is 2.46. The summed E-state index contributed by atoms with van der Waals surface area (Å²) < 4.78 is 5.63. The van der Waals surface area contributed by atoms with E-state index in [2.05, 4.69) is 11.4 Å². The molecule has 1 radical (unpaired) electrons. The van der Waals surface area contributed by atoms with Crippen molar-refractivity contribution in [2.75, 3.05) is 13.2 Å². The molecular weight excluding hydrogens is 254 g/mol. The van der Waals surface area contributed by atoms with Gasteiger partial charge in [-0.2, -0.15) is 0 Å². The quantitative estimate of drug-likeness (QED) is 0.750. The molecule has 20 heavy (non-hydrogen) atoms. The number of nitrogens with two attached hydrogens (primary N) is 2. The largest absolute Gasteiger partial charge is 0.493 e. The zero-order valence-electron chi connectivity index (χ0n) is 11.2. The summed E-state index contributed by atoms with van der Waals surface area (Å²) in [7, 11) is 0. The van der Waals surface area contributed by atoms with Crippen LogP contribution < -0.4 is 16.2 Å². The molecular formula is C15H18N3O2. The number of carbonyl (C=O) groups excluding carboxylic acids is 1. The van der Waals surface area contributed by atoms with Crippen molar-refractivity contribution in [2.45, 2.75) is 12.8 Å². The summed E-state index contributed by atoms with van der Waals surface area (Å²) in [6, 6.07) is 7.32. The van der Waals surface area contributed by atoms with E-state index < -0.39 is 5.91 Å². The number of aromatic nitrogens is 1. The second-order valence-electron chi connectivity index (χ2n) is 4.44. The predicted molar refractivity (Wildman–Crippen MR) is 78.3 cm³/mol. The minimum atomic E-state index is -0.528. The minimum absolute atomic E-state index is 0.281. The summed E-state index contributed by atoms with van der Waals surface area (Å²) in [6.45, 7) is 1.23. The van der Waals surface area contributed by atoms with Crippen LogP contribution in [0, 0.1) is 6.42 Å². The number of benzene rings is 1. The maximum absolute atomic E-state index is 11.3. The molecule has 0 aliphatic carbocycles. The van der Waals surface area contributed by atoms with Crippen LogP contribution in [0.25, 0.3) is 10.8 Å². The van der Waals surface area contributed by atoms with E-state index in [4.69, 9.17) is 16.2 Å². The second-order valence-corrected chi connectivity index (χ2v) is 4.44. The zero-order chi connectivity index (χ0) is 14.4. The van der Waals surface area contributed by atoms with Gasteiger partial charge in [0, 0.05) is 11.6 Å². The van der Waals surface area contributed by atoms with Crippen LogP contribution >= 0.6 is 0 Å². The molecule has 105 valence electrons. The fourth-order valence-electron chi connectivity index (χ4n) is 1.94. The Hall–Kier alpha value is -2.14. The zero-order valence-corrected chi connectivity index (χ0v) is 11.2. The fraction of sp³-hybridized carbons (Fsp3) is 0.267. The Morgan fingerprint density at radius 2 is 2.20 bits per heavy atom. The van der Waals surface area contributed by atoms with Gasteiger partial charge in [0.05, 0.1) is 6.61 Å². The molecule has 0 aliphatic rings. The highest BCUT2D eigenvalue weighted by Crippen LogP contribution is 2.22. The van der Waals surface area contributed by atoms with E-state index >= 15 is 0 Å². The number of pyridine rings is 1. The molecule has 1 aromatic heterocycles. The average molecular weight is 272 g/mol. The number of unbranched alkanes of at least 4 members (excludes halogenated alkanes) is 2. The van der Waals surface area contributed by atoms with Crippen molar-refractivity contribution in [2.24, 2.45) is 11.5 Å². The van der Waals surface area contributed by atoms with Gasteiger partial charge in [0.25, 0.3) is 5.91 Å². The summed E-state index contributed by atoms with van der Waals surface area (Å²) in [5, 5.41) is 1.62. The van der Waals surface area contributed by atoms with Crippen molar-refractivity contribution in [3.63, 3.8) is 0 Å². The first kappa shape index (κ1) is 14.3. The topological polar surface area (TPSA) is 91.2 Å². The normalized spacial score (nSPS) is 10.7. The summed E-state index contributed by atoms with van der Waals surface area (Å²) in [5.41, 5.74) is 11.0. The number of amides is 1. The van der Waals surface area contributed by atoms with Crippen LogP contribution in [0.15, 0.2) is 30.5 Å². The Kier molecular flexibility index (Phi) is 4.90. The van der Waals surface area contributed by atoms with Gasteiger partial charge < -0.3 is 16.2 Å². The third-order valence-corrected chi connectivity index (χ3v) is 2.95. The number of hydrogen-bond donors (Lipinski definition) is 2. The molecule has 5 nitrogen and oxygen atoms in total. The predicted octanol–water partition coefficient (Wildman–Crippen LogP) is 1.66. The van der Waals surface area contributed by atoms with Crippen LogP contribution in [0.1, 0.15) is 23.3 Å². The highest BCUT2D eigenvalue weighted by Gasteiger charge is 2.08. The molecule has 1 amide bonds. The maximum Gasteiger partial charge on any atom is 0.267 e. The molecule has 4 N–H and O–H groups in total. The molecule has 0 unspecified atom stereocenters. The molecule has 0 saturated carbocycles. The van der Waals surface area contributed by atoms with E-state index in [1.165, 1.54) is 0 Å². The van der Waals surface area contributed by atoms with Gasteiger partial charge in [-0.05, 0) is 55.5 Å².